The smallest absolute Gasteiger partial charge is 0.260 e. The van der Waals surface area contributed by atoms with Crippen LogP contribution in [-0.4, -0.2) is 36.3 Å². The zero-order valence-corrected chi connectivity index (χ0v) is 10.7. The molecule has 2 fully saturated rings. The summed E-state index contributed by atoms with van der Waals surface area (Å²) in [5.74, 6) is 0. The summed E-state index contributed by atoms with van der Waals surface area (Å²) in [6.45, 7) is 3.50. The van der Waals surface area contributed by atoms with Crippen molar-refractivity contribution in [3.63, 3.8) is 0 Å². The van der Waals surface area contributed by atoms with Crippen LogP contribution in [0.2, 0.25) is 0 Å². The molecule has 0 N–H and O–H groups in total. The van der Waals surface area contributed by atoms with Crippen molar-refractivity contribution in [1.29, 1.82) is 0 Å². The SMILES string of the molecule is O=[PH](ON1CCCCC1)ON1CCCCC1. The monoisotopic (exact) mass is 248 g/mol. The number of rotatable bonds is 4. The van der Waals surface area contributed by atoms with Gasteiger partial charge in [0.2, 0.25) is 0 Å². The minimum atomic E-state index is -2.39. The van der Waals surface area contributed by atoms with Crippen LogP contribution in [0.1, 0.15) is 38.5 Å². The Kier molecular flexibility index (Phi) is 5.26. The van der Waals surface area contributed by atoms with Gasteiger partial charge in [0, 0.05) is 26.2 Å². The largest absolute Gasteiger partial charge is 0.352 e. The molecule has 0 amide bonds. The molecule has 0 bridgehead atoms. The highest BCUT2D eigenvalue weighted by molar-refractivity contribution is 7.33. The third-order valence-corrected chi connectivity index (χ3v) is 3.85. The van der Waals surface area contributed by atoms with Crippen molar-refractivity contribution in [3.05, 3.63) is 0 Å². The van der Waals surface area contributed by atoms with Gasteiger partial charge in [-0.15, -0.1) is 0 Å². The third-order valence-electron chi connectivity index (χ3n) is 3.04. The van der Waals surface area contributed by atoms with Gasteiger partial charge in [-0.1, -0.05) is 12.8 Å². The van der Waals surface area contributed by atoms with E-state index >= 15 is 0 Å². The number of nitrogens with zero attached hydrogens (tertiary/aromatic N) is 2. The van der Waals surface area contributed by atoms with Gasteiger partial charge in [0.25, 0.3) is 0 Å². The molecule has 2 saturated heterocycles. The van der Waals surface area contributed by atoms with Gasteiger partial charge < -0.3 is 0 Å². The molecule has 0 radical (unpaired) electrons. The molecule has 0 aromatic heterocycles. The van der Waals surface area contributed by atoms with Crippen molar-refractivity contribution < 1.29 is 13.8 Å². The Morgan fingerprint density at radius 3 is 1.44 bits per heavy atom. The fraction of sp³-hybridized carbons (Fsp3) is 1.00. The van der Waals surface area contributed by atoms with E-state index in [0.29, 0.717) is 0 Å². The number of hydrogen-bond donors (Lipinski definition) is 0. The van der Waals surface area contributed by atoms with E-state index in [1.807, 2.05) is 0 Å². The molecule has 0 spiro atoms. The molecule has 0 aliphatic carbocycles. The second kappa shape index (κ2) is 6.72. The lowest BCUT2D eigenvalue weighted by Crippen LogP contribution is -2.30. The predicted molar refractivity (Wildman–Crippen MR) is 62.0 cm³/mol. The van der Waals surface area contributed by atoms with Crippen LogP contribution < -0.4 is 0 Å². The predicted octanol–water partition coefficient (Wildman–Crippen LogP) is 2.21. The molecule has 0 atom stereocenters. The van der Waals surface area contributed by atoms with Gasteiger partial charge in [-0.05, 0) is 25.7 Å². The standard InChI is InChI=1S/C10H21N2O3P/c13-16(14-11-7-3-1-4-8-11)15-12-9-5-2-6-10-12/h16H,1-10H2. The first-order valence-corrected chi connectivity index (χ1v) is 7.47. The van der Waals surface area contributed by atoms with Crippen molar-refractivity contribution in [3.8, 4) is 0 Å². The molecule has 0 saturated carbocycles. The van der Waals surface area contributed by atoms with Gasteiger partial charge in [0.05, 0.1) is 0 Å². The molecule has 2 rings (SSSR count). The van der Waals surface area contributed by atoms with Gasteiger partial charge in [0.15, 0.2) is 0 Å². The Balaban J connectivity index is 1.66. The highest BCUT2D eigenvalue weighted by atomic mass is 31.1. The van der Waals surface area contributed by atoms with Crippen molar-refractivity contribution in [2.24, 2.45) is 0 Å². The van der Waals surface area contributed by atoms with Crippen molar-refractivity contribution in [2.75, 3.05) is 26.2 Å². The van der Waals surface area contributed by atoms with E-state index in [1.54, 1.807) is 10.1 Å². The molecule has 6 heteroatoms. The summed E-state index contributed by atoms with van der Waals surface area (Å²) in [6, 6.07) is 0. The second-order valence-electron chi connectivity index (χ2n) is 4.41. The summed E-state index contributed by atoms with van der Waals surface area (Å²) in [4.78, 5) is 0. The molecular weight excluding hydrogens is 227 g/mol. The van der Waals surface area contributed by atoms with E-state index in [-0.39, 0.29) is 0 Å². The van der Waals surface area contributed by atoms with Crippen molar-refractivity contribution >= 4 is 8.25 Å². The van der Waals surface area contributed by atoms with E-state index in [1.165, 1.54) is 12.8 Å². The molecule has 2 heterocycles. The summed E-state index contributed by atoms with van der Waals surface area (Å²) < 4.78 is 22.3. The second-order valence-corrected chi connectivity index (χ2v) is 5.28. The average Bonchev–Trinajstić information content (AvgIpc) is 2.31. The van der Waals surface area contributed by atoms with Crippen LogP contribution in [0.25, 0.3) is 0 Å². The molecular formula is C10H21N2O3P. The Bertz CT molecular complexity index is 206. The molecule has 94 valence electrons. The van der Waals surface area contributed by atoms with E-state index in [9.17, 15) is 4.57 Å². The van der Waals surface area contributed by atoms with Crippen LogP contribution in [0.5, 0.6) is 0 Å². The van der Waals surface area contributed by atoms with Crippen LogP contribution in [0.3, 0.4) is 0 Å². The Morgan fingerprint density at radius 2 is 1.06 bits per heavy atom. The van der Waals surface area contributed by atoms with Gasteiger partial charge in [-0.3, -0.25) is 4.57 Å². The fourth-order valence-electron chi connectivity index (χ4n) is 2.14. The molecule has 0 aromatic carbocycles. The van der Waals surface area contributed by atoms with Crippen LogP contribution in [0.4, 0.5) is 0 Å². The fourth-order valence-corrected chi connectivity index (χ4v) is 2.96. The van der Waals surface area contributed by atoms with Gasteiger partial charge in [0.1, 0.15) is 0 Å². The summed E-state index contributed by atoms with van der Waals surface area (Å²) in [7, 11) is -2.39. The number of piperidine rings is 2. The lowest BCUT2D eigenvalue weighted by Gasteiger charge is -2.28. The molecule has 0 unspecified atom stereocenters. The maximum absolute atomic E-state index is 11.6. The normalized spacial score (nSPS) is 25.1. The Morgan fingerprint density at radius 1 is 0.688 bits per heavy atom. The van der Waals surface area contributed by atoms with Crippen LogP contribution in [0, 0.1) is 0 Å². The molecule has 2 aliphatic heterocycles. The minimum Gasteiger partial charge on any atom is -0.260 e. The first-order valence-electron chi connectivity index (χ1n) is 6.24. The quantitative estimate of drug-likeness (QED) is 0.713. The van der Waals surface area contributed by atoms with E-state index < -0.39 is 8.25 Å². The maximum Gasteiger partial charge on any atom is 0.352 e. The summed E-state index contributed by atoms with van der Waals surface area (Å²) in [6.07, 6.45) is 6.98. The molecule has 5 nitrogen and oxygen atoms in total. The Labute approximate surface area is 97.5 Å². The van der Waals surface area contributed by atoms with Crippen molar-refractivity contribution in [2.45, 2.75) is 38.5 Å². The third kappa shape index (κ3) is 4.15. The highest BCUT2D eigenvalue weighted by Gasteiger charge is 2.17. The van der Waals surface area contributed by atoms with Crippen molar-refractivity contribution in [1.82, 2.24) is 10.1 Å². The topological polar surface area (TPSA) is 42.0 Å². The lowest BCUT2D eigenvalue weighted by atomic mass is 10.2. The van der Waals surface area contributed by atoms with Crippen LogP contribution in [0.15, 0.2) is 0 Å². The zero-order chi connectivity index (χ0) is 11.2. The maximum atomic E-state index is 11.6. The van der Waals surface area contributed by atoms with Gasteiger partial charge in [-0.25, -0.2) is 9.25 Å². The molecule has 0 aromatic rings. The van der Waals surface area contributed by atoms with Crippen LogP contribution >= 0.6 is 8.25 Å². The first kappa shape index (κ1) is 12.5. The van der Waals surface area contributed by atoms with E-state index in [2.05, 4.69) is 0 Å². The summed E-state index contributed by atoms with van der Waals surface area (Å²) in [5, 5.41) is 3.57. The van der Waals surface area contributed by atoms with Gasteiger partial charge >= 0.3 is 8.25 Å². The summed E-state index contributed by atoms with van der Waals surface area (Å²) in [5.41, 5.74) is 0. The highest BCUT2D eigenvalue weighted by Crippen LogP contribution is 2.30. The molecule has 16 heavy (non-hydrogen) atoms. The first-order chi connectivity index (χ1) is 7.84. The average molecular weight is 248 g/mol. The minimum absolute atomic E-state index is 0.875. The van der Waals surface area contributed by atoms with Gasteiger partial charge in [-0.2, -0.15) is 10.1 Å². The van der Waals surface area contributed by atoms with E-state index in [4.69, 9.17) is 9.25 Å². The number of hydrogen-bond acceptors (Lipinski definition) is 5. The van der Waals surface area contributed by atoms with Crippen LogP contribution in [-0.2, 0) is 13.8 Å². The Hall–Kier alpha value is 0.0700. The van der Waals surface area contributed by atoms with E-state index in [0.717, 1.165) is 51.9 Å². The molecule has 2 aliphatic rings. The number of hydroxylamine groups is 4. The lowest BCUT2D eigenvalue weighted by molar-refractivity contribution is -0.125. The summed E-state index contributed by atoms with van der Waals surface area (Å²) >= 11 is 0. The zero-order valence-electron chi connectivity index (χ0n) is 9.69.